The maximum Gasteiger partial charge on any atom is 0.230 e. The van der Waals surface area contributed by atoms with E-state index in [9.17, 15) is 5.11 Å². The molecule has 0 atom stereocenters. The van der Waals surface area contributed by atoms with Crippen LogP contribution < -0.4 is 0 Å². The van der Waals surface area contributed by atoms with Crippen LogP contribution in [0.1, 0.15) is 37.5 Å². The maximum atomic E-state index is 9.53. The summed E-state index contributed by atoms with van der Waals surface area (Å²) >= 11 is 6.81. The van der Waals surface area contributed by atoms with Gasteiger partial charge in [-0.15, -0.1) is 0 Å². The Kier molecular flexibility index (Phi) is 4.18. The van der Waals surface area contributed by atoms with E-state index in [1.54, 1.807) is 6.20 Å². The van der Waals surface area contributed by atoms with Crippen LogP contribution >= 0.6 is 31.9 Å². The Morgan fingerprint density at radius 2 is 1.95 bits per heavy atom. The van der Waals surface area contributed by atoms with Crippen molar-refractivity contribution in [2.75, 3.05) is 0 Å². The van der Waals surface area contributed by atoms with Gasteiger partial charge in [0.2, 0.25) is 11.7 Å². The van der Waals surface area contributed by atoms with Gasteiger partial charge < -0.3 is 9.63 Å². The molecule has 0 radical (unpaired) electrons. The Balaban J connectivity index is 1.83. The molecule has 0 aliphatic heterocycles. The molecular weight excluding hydrogens is 390 g/mol. The molecule has 7 heteroatoms. The van der Waals surface area contributed by atoms with E-state index >= 15 is 0 Å². The van der Waals surface area contributed by atoms with Crippen LogP contribution in [0.25, 0.3) is 11.5 Å². The zero-order chi connectivity index (χ0) is 14.1. The summed E-state index contributed by atoms with van der Waals surface area (Å²) in [6, 6.07) is 1.90. The predicted octanol–water partition coefficient (Wildman–Crippen LogP) is 3.68. The monoisotopic (exact) mass is 401 g/mol. The molecule has 106 valence electrons. The Morgan fingerprint density at radius 1 is 1.20 bits per heavy atom. The number of aliphatic hydroxyl groups excluding tert-OH is 1. The molecule has 0 unspecified atom stereocenters. The summed E-state index contributed by atoms with van der Waals surface area (Å²) in [5.74, 6) is 1.38. The molecule has 0 amide bonds. The van der Waals surface area contributed by atoms with Crippen molar-refractivity contribution in [3.05, 3.63) is 27.1 Å². The molecule has 2 aromatic heterocycles. The second kappa shape index (κ2) is 5.91. The minimum atomic E-state index is -0.184. The zero-order valence-electron chi connectivity index (χ0n) is 10.6. The Labute approximate surface area is 133 Å². The minimum absolute atomic E-state index is 0.184. The minimum Gasteiger partial charge on any atom is -0.393 e. The van der Waals surface area contributed by atoms with Crippen molar-refractivity contribution in [3.8, 4) is 11.5 Å². The van der Waals surface area contributed by atoms with Crippen molar-refractivity contribution in [1.82, 2.24) is 15.1 Å². The van der Waals surface area contributed by atoms with Crippen molar-refractivity contribution in [2.24, 2.45) is 0 Å². The molecule has 1 saturated carbocycles. The van der Waals surface area contributed by atoms with Gasteiger partial charge >= 0.3 is 0 Å². The first-order valence-corrected chi connectivity index (χ1v) is 8.05. The molecule has 0 spiro atoms. The highest BCUT2D eigenvalue weighted by Crippen LogP contribution is 2.33. The van der Waals surface area contributed by atoms with E-state index in [-0.39, 0.29) is 12.0 Å². The summed E-state index contributed by atoms with van der Waals surface area (Å²) in [5.41, 5.74) is 0.666. The van der Waals surface area contributed by atoms with Gasteiger partial charge in [0.1, 0.15) is 5.69 Å². The number of nitrogens with zero attached hydrogens (tertiary/aromatic N) is 3. The van der Waals surface area contributed by atoms with Crippen LogP contribution in [0.15, 0.2) is 25.7 Å². The van der Waals surface area contributed by atoms with Gasteiger partial charge in [-0.05, 0) is 63.6 Å². The van der Waals surface area contributed by atoms with Crippen LogP contribution in [0, 0.1) is 0 Å². The third-order valence-corrected chi connectivity index (χ3v) is 4.55. The smallest absolute Gasteiger partial charge is 0.230 e. The Bertz CT molecular complexity index is 609. The zero-order valence-corrected chi connectivity index (χ0v) is 13.8. The van der Waals surface area contributed by atoms with Crippen LogP contribution in [0.3, 0.4) is 0 Å². The second-order valence-corrected chi connectivity index (χ2v) is 6.72. The van der Waals surface area contributed by atoms with Crippen LogP contribution in [-0.2, 0) is 0 Å². The van der Waals surface area contributed by atoms with E-state index in [0.29, 0.717) is 17.4 Å². The van der Waals surface area contributed by atoms with Gasteiger partial charge in [0.05, 0.1) is 6.10 Å². The first kappa shape index (κ1) is 14.2. The Hall–Kier alpha value is -0.790. The lowest BCUT2D eigenvalue weighted by molar-refractivity contribution is 0.116. The molecule has 1 fully saturated rings. The third kappa shape index (κ3) is 2.94. The lowest BCUT2D eigenvalue weighted by Crippen LogP contribution is -2.17. The summed E-state index contributed by atoms with van der Waals surface area (Å²) < 4.78 is 7.07. The largest absolute Gasteiger partial charge is 0.393 e. The van der Waals surface area contributed by atoms with Crippen molar-refractivity contribution in [2.45, 2.75) is 37.7 Å². The van der Waals surface area contributed by atoms with E-state index < -0.39 is 0 Å². The van der Waals surface area contributed by atoms with Crippen LogP contribution in [-0.4, -0.2) is 26.3 Å². The fourth-order valence-corrected chi connectivity index (χ4v) is 3.56. The van der Waals surface area contributed by atoms with Crippen molar-refractivity contribution < 1.29 is 9.63 Å². The summed E-state index contributed by atoms with van der Waals surface area (Å²) in [6.45, 7) is 0. The number of rotatable bonds is 2. The fraction of sp³-hybridized carbons (Fsp3) is 0.462. The van der Waals surface area contributed by atoms with E-state index in [4.69, 9.17) is 4.52 Å². The first-order chi connectivity index (χ1) is 9.63. The van der Waals surface area contributed by atoms with E-state index in [1.807, 2.05) is 6.07 Å². The lowest BCUT2D eigenvalue weighted by atomic mass is 9.87. The van der Waals surface area contributed by atoms with Crippen LogP contribution in [0.4, 0.5) is 0 Å². The number of hydrogen-bond donors (Lipinski definition) is 1. The summed E-state index contributed by atoms with van der Waals surface area (Å²) in [6.07, 6.45) is 4.88. The van der Waals surface area contributed by atoms with Crippen molar-refractivity contribution in [3.63, 3.8) is 0 Å². The Morgan fingerprint density at radius 3 is 2.65 bits per heavy atom. The average Bonchev–Trinajstić information content (AvgIpc) is 2.89. The number of aromatic nitrogens is 3. The quantitative estimate of drug-likeness (QED) is 0.829. The second-order valence-electron chi connectivity index (χ2n) is 4.95. The fourth-order valence-electron chi connectivity index (χ4n) is 2.40. The van der Waals surface area contributed by atoms with Gasteiger partial charge in [-0.25, -0.2) is 0 Å². The number of aliphatic hydroxyl groups is 1. The summed E-state index contributed by atoms with van der Waals surface area (Å²) in [5, 5.41) is 13.5. The number of halogens is 2. The molecule has 0 aromatic carbocycles. The van der Waals surface area contributed by atoms with Crippen LogP contribution in [0.2, 0.25) is 0 Å². The van der Waals surface area contributed by atoms with E-state index in [1.165, 1.54) is 0 Å². The first-order valence-electron chi connectivity index (χ1n) is 6.46. The maximum absolute atomic E-state index is 9.53. The van der Waals surface area contributed by atoms with E-state index in [2.05, 4.69) is 47.0 Å². The highest BCUT2D eigenvalue weighted by molar-refractivity contribution is 9.11. The summed E-state index contributed by atoms with van der Waals surface area (Å²) in [4.78, 5) is 8.75. The summed E-state index contributed by atoms with van der Waals surface area (Å²) in [7, 11) is 0. The molecule has 1 aliphatic carbocycles. The van der Waals surface area contributed by atoms with Gasteiger partial charge in [-0.1, -0.05) is 5.16 Å². The normalized spacial score (nSPS) is 22.9. The SMILES string of the molecule is OC1CCC(c2nc(-c3ncc(Br)cc3Br)no2)CC1. The highest BCUT2D eigenvalue weighted by atomic mass is 79.9. The molecule has 0 saturated heterocycles. The molecule has 5 nitrogen and oxygen atoms in total. The molecule has 2 aromatic rings. The number of hydrogen-bond acceptors (Lipinski definition) is 5. The van der Waals surface area contributed by atoms with Crippen molar-refractivity contribution >= 4 is 31.9 Å². The predicted molar refractivity (Wildman–Crippen MR) is 80.1 cm³/mol. The standard InChI is InChI=1S/C13H13Br2N3O2/c14-8-5-10(15)11(16-6-8)12-17-13(20-18-12)7-1-3-9(19)4-2-7/h5-7,9,19H,1-4H2. The molecule has 3 rings (SSSR count). The topological polar surface area (TPSA) is 72.0 Å². The van der Waals surface area contributed by atoms with Gasteiger partial charge in [0.25, 0.3) is 0 Å². The average molecular weight is 403 g/mol. The molecule has 1 N–H and O–H groups in total. The van der Waals surface area contributed by atoms with Gasteiger partial charge in [0.15, 0.2) is 0 Å². The van der Waals surface area contributed by atoms with Gasteiger partial charge in [-0.3, -0.25) is 4.98 Å². The van der Waals surface area contributed by atoms with Crippen molar-refractivity contribution in [1.29, 1.82) is 0 Å². The highest BCUT2D eigenvalue weighted by Gasteiger charge is 2.26. The van der Waals surface area contributed by atoms with Crippen LogP contribution in [0.5, 0.6) is 0 Å². The third-order valence-electron chi connectivity index (χ3n) is 3.51. The van der Waals surface area contributed by atoms with Gasteiger partial charge in [-0.2, -0.15) is 4.98 Å². The number of pyridine rings is 1. The van der Waals surface area contributed by atoms with E-state index in [0.717, 1.165) is 34.6 Å². The molecule has 0 bridgehead atoms. The van der Waals surface area contributed by atoms with Gasteiger partial charge in [0, 0.05) is 21.1 Å². The molecule has 20 heavy (non-hydrogen) atoms. The molecular formula is C13H13Br2N3O2. The molecule has 2 heterocycles. The lowest BCUT2D eigenvalue weighted by Gasteiger charge is -2.22. The molecule has 1 aliphatic rings.